The SMILES string of the molecule is O=S(=O)(Nc1cc(Br)c(O)c(Br)c1Br)c1ccc(Cl)cc1. The van der Waals surface area contributed by atoms with Crippen LogP contribution in [0.15, 0.2) is 48.6 Å². The molecular formula is C12H7Br3ClNO3S. The molecule has 0 aliphatic rings. The first-order chi connectivity index (χ1) is 9.72. The smallest absolute Gasteiger partial charge is 0.261 e. The normalized spacial score (nSPS) is 11.4. The van der Waals surface area contributed by atoms with Gasteiger partial charge in [-0.2, -0.15) is 0 Å². The minimum absolute atomic E-state index is 0.0312. The van der Waals surface area contributed by atoms with Crippen LogP contribution in [0, 0.1) is 0 Å². The molecule has 112 valence electrons. The maximum atomic E-state index is 12.3. The second kappa shape index (κ2) is 6.45. The highest BCUT2D eigenvalue weighted by molar-refractivity contribution is 9.13. The molecule has 4 nitrogen and oxygen atoms in total. The molecular weight excluding hydrogens is 513 g/mol. The van der Waals surface area contributed by atoms with E-state index in [1.807, 2.05) is 0 Å². The van der Waals surface area contributed by atoms with E-state index in [4.69, 9.17) is 11.6 Å². The van der Waals surface area contributed by atoms with Crippen molar-refractivity contribution in [2.75, 3.05) is 4.72 Å². The molecule has 2 aromatic rings. The standard InChI is InChI=1S/C12H7Br3ClNO3S/c13-8-5-9(10(14)11(15)12(8)18)17-21(19,20)7-3-1-6(16)2-4-7/h1-5,17-18H. The van der Waals surface area contributed by atoms with Crippen molar-refractivity contribution in [3.05, 3.63) is 48.8 Å². The van der Waals surface area contributed by atoms with Gasteiger partial charge in [0, 0.05) is 5.02 Å². The second-order valence-electron chi connectivity index (χ2n) is 3.94. The number of halogens is 4. The molecule has 2 rings (SSSR count). The highest BCUT2D eigenvalue weighted by atomic mass is 79.9. The van der Waals surface area contributed by atoms with Gasteiger partial charge in [-0.3, -0.25) is 4.72 Å². The van der Waals surface area contributed by atoms with E-state index in [-0.39, 0.29) is 16.3 Å². The topological polar surface area (TPSA) is 66.4 Å². The predicted octanol–water partition coefficient (Wildman–Crippen LogP) is 5.13. The molecule has 0 saturated carbocycles. The lowest BCUT2D eigenvalue weighted by Gasteiger charge is -2.13. The quantitative estimate of drug-likeness (QED) is 0.436. The number of nitrogens with one attached hydrogen (secondary N) is 1. The summed E-state index contributed by atoms with van der Waals surface area (Å²) in [5, 5.41) is 10.2. The van der Waals surface area contributed by atoms with Crippen molar-refractivity contribution >= 4 is 75.1 Å². The lowest BCUT2D eigenvalue weighted by molar-refractivity contribution is 0.468. The number of hydrogen-bond acceptors (Lipinski definition) is 3. The largest absolute Gasteiger partial charge is 0.506 e. The molecule has 21 heavy (non-hydrogen) atoms. The van der Waals surface area contributed by atoms with Gasteiger partial charge in [0.05, 0.1) is 24.0 Å². The zero-order valence-electron chi connectivity index (χ0n) is 10.1. The zero-order valence-corrected chi connectivity index (χ0v) is 16.4. The third kappa shape index (κ3) is 3.73. The molecule has 0 unspecified atom stereocenters. The molecule has 0 radical (unpaired) electrons. The number of benzene rings is 2. The molecule has 0 aliphatic carbocycles. The summed E-state index contributed by atoms with van der Waals surface area (Å²) in [6, 6.07) is 7.26. The summed E-state index contributed by atoms with van der Waals surface area (Å²) < 4.78 is 28.1. The molecule has 0 heterocycles. The van der Waals surface area contributed by atoms with Gasteiger partial charge in [0.25, 0.3) is 10.0 Å². The van der Waals surface area contributed by atoms with Gasteiger partial charge >= 0.3 is 0 Å². The highest BCUT2D eigenvalue weighted by Crippen LogP contribution is 2.43. The minimum Gasteiger partial charge on any atom is -0.506 e. The molecule has 0 aliphatic heterocycles. The minimum atomic E-state index is -3.76. The predicted molar refractivity (Wildman–Crippen MR) is 93.5 cm³/mol. The van der Waals surface area contributed by atoms with Crippen LogP contribution in [0.25, 0.3) is 0 Å². The van der Waals surface area contributed by atoms with Crippen LogP contribution in [0.3, 0.4) is 0 Å². The number of phenols is 1. The molecule has 0 fully saturated rings. The van der Waals surface area contributed by atoms with E-state index in [1.165, 1.54) is 30.3 Å². The van der Waals surface area contributed by atoms with Crippen LogP contribution in [0.2, 0.25) is 5.02 Å². The van der Waals surface area contributed by atoms with Gasteiger partial charge in [-0.1, -0.05) is 11.6 Å². The van der Waals surface area contributed by atoms with Gasteiger partial charge in [0.15, 0.2) is 0 Å². The Kier molecular flexibility index (Phi) is 5.25. The number of phenolic OH excluding ortho intramolecular Hbond substituents is 1. The molecule has 2 N–H and O–H groups in total. The molecule has 0 aromatic heterocycles. The Balaban J connectivity index is 2.44. The first-order valence-electron chi connectivity index (χ1n) is 5.37. The fraction of sp³-hybridized carbons (Fsp3) is 0. The molecule has 0 atom stereocenters. The Morgan fingerprint density at radius 3 is 2.19 bits per heavy atom. The van der Waals surface area contributed by atoms with E-state index in [1.54, 1.807) is 0 Å². The Morgan fingerprint density at radius 2 is 1.62 bits per heavy atom. The van der Waals surface area contributed by atoms with Crippen LogP contribution in [0.4, 0.5) is 5.69 Å². The van der Waals surface area contributed by atoms with Crippen LogP contribution >= 0.6 is 59.4 Å². The number of hydrogen-bond donors (Lipinski definition) is 2. The summed E-state index contributed by atoms with van der Waals surface area (Å²) >= 11 is 15.3. The van der Waals surface area contributed by atoms with Crippen molar-refractivity contribution in [2.24, 2.45) is 0 Å². The molecule has 0 amide bonds. The summed E-state index contributed by atoms with van der Waals surface area (Å²) in [6.45, 7) is 0. The molecule has 0 bridgehead atoms. The fourth-order valence-corrected chi connectivity index (χ4v) is 4.32. The number of rotatable bonds is 3. The summed E-state index contributed by atoms with van der Waals surface area (Å²) in [5.74, 6) is -0.0312. The van der Waals surface area contributed by atoms with Crippen LogP contribution < -0.4 is 4.72 Å². The Hall–Kier alpha value is -0.280. The summed E-state index contributed by atoms with van der Waals surface area (Å²) in [6.07, 6.45) is 0. The molecule has 0 spiro atoms. The van der Waals surface area contributed by atoms with E-state index in [0.717, 1.165) is 0 Å². The van der Waals surface area contributed by atoms with Gasteiger partial charge in [0.1, 0.15) is 5.75 Å². The first-order valence-corrected chi connectivity index (χ1v) is 9.61. The third-order valence-electron chi connectivity index (χ3n) is 2.50. The van der Waals surface area contributed by atoms with Crippen LogP contribution in [-0.4, -0.2) is 13.5 Å². The van der Waals surface area contributed by atoms with Gasteiger partial charge < -0.3 is 5.11 Å². The summed E-state index contributed by atoms with van der Waals surface area (Å²) in [7, 11) is -3.76. The van der Waals surface area contributed by atoms with Gasteiger partial charge in [0.2, 0.25) is 0 Å². The number of aromatic hydroxyl groups is 1. The highest BCUT2D eigenvalue weighted by Gasteiger charge is 2.19. The first kappa shape index (κ1) is 17.1. The van der Waals surface area contributed by atoms with E-state index in [9.17, 15) is 13.5 Å². The molecule has 2 aromatic carbocycles. The second-order valence-corrected chi connectivity index (χ2v) is 8.50. The lowest BCUT2D eigenvalue weighted by atomic mass is 10.3. The van der Waals surface area contributed by atoms with Crippen molar-refractivity contribution in [1.82, 2.24) is 0 Å². The number of anilines is 1. The van der Waals surface area contributed by atoms with Gasteiger partial charge in [-0.05, 0) is 78.1 Å². The maximum absolute atomic E-state index is 12.3. The molecule has 9 heteroatoms. The van der Waals surface area contributed by atoms with Crippen molar-refractivity contribution in [3.8, 4) is 5.75 Å². The van der Waals surface area contributed by atoms with Gasteiger partial charge in [-0.25, -0.2) is 8.42 Å². The Bertz CT molecular complexity index is 794. The maximum Gasteiger partial charge on any atom is 0.261 e. The van der Waals surface area contributed by atoms with E-state index in [0.29, 0.717) is 18.4 Å². The van der Waals surface area contributed by atoms with Crippen LogP contribution in [0.5, 0.6) is 5.75 Å². The fourth-order valence-electron chi connectivity index (χ4n) is 1.48. The zero-order chi connectivity index (χ0) is 15.8. The van der Waals surface area contributed by atoms with Crippen molar-refractivity contribution in [3.63, 3.8) is 0 Å². The number of sulfonamides is 1. The average Bonchev–Trinajstić information content (AvgIpc) is 2.42. The van der Waals surface area contributed by atoms with Crippen molar-refractivity contribution < 1.29 is 13.5 Å². The van der Waals surface area contributed by atoms with Crippen molar-refractivity contribution in [2.45, 2.75) is 4.90 Å². The Labute approximate surface area is 151 Å². The average molecular weight is 520 g/mol. The monoisotopic (exact) mass is 517 g/mol. The third-order valence-corrected chi connectivity index (χ3v) is 6.87. The van der Waals surface area contributed by atoms with E-state index >= 15 is 0 Å². The summed E-state index contributed by atoms with van der Waals surface area (Å²) in [4.78, 5) is 0.0825. The Morgan fingerprint density at radius 1 is 1.05 bits per heavy atom. The van der Waals surface area contributed by atoms with Crippen LogP contribution in [0.1, 0.15) is 0 Å². The summed E-state index contributed by atoms with van der Waals surface area (Å²) in [5.41, 5.74) is 0.279. The van der Waals surface area contributed by atoms with E-state index in [2.05, 4.69) is 52.5 Å². The lowest BCUT2D eigenvalue weighted by Crippen LogP contribution is -2.13. The van der Waals surface area contributed by atoms with Crippen molar-refractivity contribution in [1.29, 1.82) is 0 Å². The van der Waals surface area contributed by atoms with Crippen LogP contribution in [-0.2, 0) is 10.0 Å². The van der Waals surface area contributed by atoms with E-state index < -0.39 is 10.0 Å². The van der Waals surface area contributed by atoms with Gasteiger partial charge in [-0.15, -0.1) is 0 Å². The molecule has 0 saturated heterocycles.